The first-order valence-corrected chi connectivity index (χ1v) is 11.2. The molecule has 1 aromatic carbocycles. The third kappa shape index (κ3) is 3.94. The van der Waals surface area contributed by atoms with Gasteiger partial charge in [0.2, 0.25) is 0 Å². The summed E-state index contributed by atoms with van der Waals surface area (Å²) in [6.07, 6.45) is 9.09. The number of fused-ring (bicyclic) bond motifs is 2. The summed E-state index contributed by atoms with van der Waals surface area (Å²) >= 11 is 0. The van der Waals surface area contributed by atoms with E-state index in [2.05, 4.69) is 47.2 Å². The van der Waals surface area contributed by atoms with Gasteiger partial charge in [-0.15, -0.1) is 0 Å². The van der Waals surface area contributed by atoms with Crippen molar-refractivity contribution < 1.29 is 4.39 Å². The van der Waals surface area contributed by atoms with E-state index in [9.17, 15) is 4.39 Å². The molecule has 5 heterocycles. The van der Waals surface area contributed by atoms with Crippen LogP contribution >= 0.6 is 0 Å². The number of H-pyrrole nitrogens is 2. The van der Waals surface area contributed by atoms with Crippen LogP contribution in [0.3, 0.4) is 0 Å². The number of benzene rings is 1. The fourth-order valence-corrected chi connectivity index (χ4v) is 4.40. The van der Waals surface area contributed by atoms with E-state index in [4.69, 9.17) is 0 Å². The van der Waals surface area contributed by atoms with E-state index < -0.39 is 0 Å². The standard InChI is InChI=1S/C27H22FN7/c1-35(2)15-16-7-18(11-29-10-16)23-9-21-26(14-31-23)33-34-27(21)24-8-20-22(12-30-13-25(20)32-24)17-3-5-19(28)6-4-17/h3-14,32H,15H2,1-2H3,(H,33,34). The van der Waals surface area contributed by atoms with Gasteiger partial charge in [0.05, 0.1) is 34.8 Å². The number of hydrogen-bond donors (Lipinski definition) is 2. The summed E-state index contributed by atoms with van der Waals surface area (Å²) in [6, 6.07) is 12.7. The maximum Gasteiger partial charge on any atom is 0.123 e. The molecular formula is C27H22FN7. The zero-order chi connectivity index (χ0) is 23.9. The molecule has 0 radical (unpaired) electrons. The number of pyridine rings is 3. The maximum absolute atomic E-state index is 13.4. The van der Waals surface area contributed by atoms with Gasteiger partial charge in [0.1, 0.15) is 11.5 Å². The van der Waals surface area contributed by atoms with Crippen molar-refractivity contribution in [3.8, 4) is 33.8 Å². The Morgan fingerprint density at radius 1 is 0.829 bits per heavy atom. The second kappa shape index (κ2) is 8.41. The van der Waals surface area contributed by atoms with Gasteiger partial charge in [0.25, 0.3) is 0 Å². The lowest BCUT2D eigenvalue weighted by molar-refractivity contribution is 0.402. The highest BCUT2D eigenvalue weighted by Gasteiger charge is 2.15. The number of nitrogens with zero attached hydrogens (tertiary/aromatic N) is 5. The fraction of sp³-hybridized carbons (Fsp3) is 0.111. The number of aromatic nitrogens is 6. The minimum Gasteiger partial charge on any atom is -0.352 e. The molecule has 35 heavy (non-hydrogen) atoms. The number of aromatic amines is 2. The van der Waals surface area contributed by atoms with Gasteiger partial charge >= 0.3 is 0 Å². The van der Waals surface area contributed by atoms with Crippen LogP contribution in [-0.4, -0.2) is 49.1 Å². The molecule has 0 aliphatic carbocycles. The maximum atomic E-state index is 13.4. The summed E-state index contributed by atoms with van der Waals surface area (Å²) in [5.74, 6) is -0.265. The monoisotopic (exact) mass is 463 g/mol. The summed E-state index contributed by atoms with van der Waals surface area (Å²) in [6.45, 7) is 0.805. The molecule has 0 spiro atoms. The molecule has 172 valence electrons. The molecular weight excluding hydrogens is 441 g/mol. The van der Waals surface area contributed by atoms with Crippen molar-refractivity contribution in [2.24, 2.45) is 0 Å². The van der Waals surface area contributed by atoms with Gasteiger partial charge < -0.3 is 9.88 Å². The van der Waals surface area contributed by atoms with Gasteiger partial charge in [-0.1, -0.05) is 12.1 Å². The SMILES string of the molecule is CN(C)Cc1cncc(-c2cc3c(-c4cc5c(-c6ccc(F)cc6)cncc5[nH]4)n[nH]c3cn2)c1. The Balaban J connectivity index is 1.44. The van der Waals surface area contributed by atoms with Crippen molar-refractivity contribution in [1.29, 1.82) is 0 Å². The summed E-state index contributed by atoms with van der Waals surface area (Å²) in [4.78, 5) is 19.0. The first kappa shape index (κ1) is 21.1. The Bertz CT molecular complexity index is 1670. The molecule has 0 unspecified atom stereocenters. The first-order valence-electron chi connectivity index (χ1n) is 11.2. The van der Waals surface area contributed by atoms with Crippen LogP contribution in [0.4, 0.5) is 4.39 Å². The van der Waals surface area contributed by atoms with E-state index >= 15 is 0 Å². The first-order chi connectivity index (χ1) is 17.0. The van der Waals surface area contributed by atoms with Gasteiger partial charge in [0.15, 0.2) is 0 Å². The largest absolute Gasteiger partial charge is 0.352 e. The molecule has 0 saturated heterocycles. The predicted molar refractivity (Wildman–Crippen MR) is 135 cm³/mol. The van der Waals surface area contributed by atoms with Crippen molar-refractivity contribution in [3.05, 3.63) is 84.8 Å². The zero-order valence-corrected chi connectivity index (χ0v) is 19.2. The van der Waals surface area contributed by atoms with E-state index in [-0.39, 0.29) is 5.82 Å². The van der Waals surface area contributed by atoms with Gasteiger partial charge in [-0.2, -0.15) is 5.10 Å². The lowest BCUT2D eigenvalue weighted by Gasteiger charge is -2.10. The van der Waals surface area contributed by atoms with Crippen LogP contribution in [0, 0.1) is 5.82 Å². The Labute approximate surface area is 200 Å². The van der Waals surface area contributed by atoms with Gasteiger partial charge in [-0.25, -0.2) is 4.39 Å². The molecule has 7 nitrogen and oxygen atoms in total. The van der Waals surface area contributed by atoms with E-state index in [1.807, 2.05) is 32.6 Å². The summed E-state index contributed by atoms with van der Waals surface area (Å²) in [5.41, 5.74) is 8.12. The molecule has 6 aromatic rings. The minimum atomic E-state index is -0.265. The summed E-state index contributed by atoms with van der Waals surface area (Å²) in [7, 11) is 4.07. The minimum absolute atomic E-state index is 0.265. The molecule has 5 aromatic heterocycles. The van der Waals surface area contributed by atoms with Crippen LogP contribution in [0.25, 0.3) is 55.6 Å². The van der Waals surface area contributed by atoms with Gasteiger partial charge in [-0.05, 0) is 55.6 Å². The highest BCUT2D eigenvalue weighted by atomic mass is 19.1. The van der Waals surface area contributed by atoms with Crippen molar-refractivity contribution in [1.82, 2.24) is 35.0 Å². The smallest absolute Gasteiger partial charge is 0.123 e. The molecule has 2 N–H and O–H groups in total. The molecule has 8 heteroatoms. The third-order valence-corrected chi connectivity index (χ3v) is 5.99. The number of nitrogens with one attached hydrogen (secondary N) is 2. The second-order valence-electron chi connectivity index (χ2n) is 8.85. The lowest BCUT2D eigenvalue weighted by Crippen LogP contribution is -2.10. The Hall–Kier alpha value is -4.43. The summed E-state index contributed by atoms with van der Waals surface area (Å²) < 4.78 is 13.4. The Morgan fingerprint density at radius 3 is 2.49 bits per heavy atom. The van der Waals surface area contributed by atoms with Crippen molar-refractivity contribution >= 4 is 21.8 Å². The van der Waals surface area contributed by atoms with Crippen LogP contribution in [0.15, 0.2) is 73.4 Å². The highest BCUT2D eigenvalue weighted by molar-refractivity contribution is 6.01. The zero-order valence-electron chi connectivity index (χ0n) is 19.2. The van der Waals surface area contributed by atoms with Crippen LogP contribution in [0.2, 0.25) is 0 Å². The Morgan fingerprint density at radius 2 is 1.66 bits per heavy atom. The van der Waals surface area contributed by atoms with Crippen LogP contribution < -0.4 is 0 Å². The molecule has 0 atom stereocenters. The topological polar surface area (TPSA) is 86.4 Å². The average Bonchev–Trinajstić information content (AvgIpc) is 3.48. The quantitative estimate of drug-likeness (QED) is 0.356. The number of rotatable bonds is 5. The molecule has 0 aliphatic rings. The Kier molecular flexibility index (Phi) is 5.08. The normalized spacial score (nSPS) is 11.7. The fourth-order valence-electron chi connectivity index (χ4n) is 4.40. The third-order valence-electron chi connectivity index (χ3n) is 5.99. The molecule has 0 aliphatic heterocycles. The van der Waals surface area contributed by atoms with E-state index in [1.165, 1.54) is 12.1 Å². The van der Waals surface area contributed by atoms with Crippen LogP contribution in [0.1, 0.15) is 5.56 Å². The molecule has 0 saturated carbocycles. The van der Waals surface area contributed by atoms with Crippen LogP contribution in [0.5, 0.6) is 0 Å². The van der Waals surface area contributed by atoms with E-state index in [0.29, 0.717) is 0 Å². The second-order valence-corrected chi connectivity index (χ2v) is 8.85. The van der Waals surface area contributed by atoms with Crippen LogP contribution in [-0.2, 0) is 6.54 Å². The molecule has 6 rings (SSSR count). The average molecular weight is 464 g/mol. The van der Waals surface area contributed by atoms with Crippen molar-refractivity contribution in [2.45, 2.75) is 6.54 Å². The van der Waals surface area contributed by atoms with Gasteiger partial charge in [0, 0.05) is 47.0 Å². The number of hydrogen-bond acceptors (Lipinski definition) is 5. The molecule has 0 bridgehead atoms. The predicted octanol–water partition coefficient (Wildman–Crippen LogP) is 5.43. The van der Waals surface area contributed by atoms with E-state index in [0.717, 1.165) is 67.7 Å². The lowest BCUT2D eigenvalue weighted by atomic mass is 10.0. The molecule has 0 fully saturated rings. The van der Waals surface area contributed by atoms with Crippen molar-refractivity contribution in [2.75, 3.05) is 14.1 Å². The van der Waals surface area contributed by atoms with Gasteiger partial charge in [-0.3, -0.25) is 20.1 Å². The van der Waals surface area contributed by atoms with Crippen molar-refractivity contribution in [3.63, 3.8) is 0 Å². The molecule has 0 amide bonds. The van der Waals surface area contributed by atoms with E-state index in [1.54, 1.807) is 30.7 Å². The summed E-state index contributed by atoms with van der Waals surface area (Å²) in [5, 5.41) is 9.61. The number of halogens is 1. The highest BCUT2D eigenvalue weighted by Crippen LogP contribution is 2.34.